The predicted molar refractivity (Wildman–Crippen MR) is 152 cm³/mol. The number of piperazine rings is 1. The lowest BCUT2D eigenvalue weighted by Gasteiger charge is -2.41. The SMILES string of the molecule is Cc1ccc(C[C@@H]2CN(C/C=C/C(N)Cc3cccnc3)CCN2C(=O)c2cc(C(F)(F)F)cc(C(F)(F)F)c2)cc1C. The number of amides is 1. The number of hydrogen-bond acceptors (Lipinski definition) is 4. The number of pyridine rings is 1. The Labute approximate surface area is 247 Å². The number of nitrogens with zero attached hydrogens (tertiary/aromatic N) is 3. The number of nitrogens with two attached hydrogens (primary N) is 1. The summed E-state index contributed by atoms with van der Waals surface area (Å²) in [6, 6.07) is 9.97. The summed E-state index contributed by atoms with van der Waals surface area (Å²) < 4.78 is 81.0. The molecule has 5 nitrogen and oxygen atoms in total. The van der Waals surface area contributed by atoms with Crippen LogP contribution in [0.15, 0.2) is 73.1 Å². The minimum atomic E-state index is -5.04. The Morgan fingerprint density at radius 3 is 2.28 bits per heavy atom. The maximum atomic E-state index is 13.6. The van der Waals surface area contributed by atoms with Crippen molar-refractivity contribution in [1.29, 1.82) is 0 Å². The number of carbonyl (C=O) groups excluding carboxylic acids is 1. The van der Waals surface area contributed by atoms with E-state index in [1.165, 1.54) is 4.90 Å². The molecule has 0 bridgehead atoms. The molecule has 1 aliphatic rings. The summed E-state index contributed by atoms with van der Waals surface area (Å²) in [6.45, 7) is 5.36. The Morgan fingerprint density at radius 1 is 0.977 bits per heavy atom. The average molecular weight is 605 g/mol. The highest BCUT2D eigenvalue weighted by Crippen LogP contribution is 2.37. The molecule has 1 amide bonds. The molecule has 0 radical (unpaired) electrons. The van der Waals surface area contributed by atoms with Crippen LogP contribution in [0.5, 0.6) is 0 Å². The summed E-state index contributed by atoms with van der Waals surface area (Å²) in [5.41, 5.74) is 6.63. The lowest BCUT2D eigenvalue weighted by Crippen LogP contribution is -2.56. The van der Waals surface area contributed by atoms with Gasteiger partial charge in [-0.05, 0) is 73.2 Å². The van der Waals surface area contributed by atoms with Crippen molar-refractivity contribution >= 4 is 5.91 Å². The second kappa shape index (κ2) is 13.3. The van der Waals surface area contributed by atoms with Crippen LogP contribution < -0.4 is 5.73 Å². The summed E-state index contributed by atoms with van der Waals surface area (Å²) in [6.07, 6.45) is -1.82. The van der Waals surface area contributed by atoms with Gasteiger partial charge in [0.1, 0.15) is 0 Å². The van der Waals surface area contributed by atoms with Crippen LogP contribution in [0.2, 0.25) is 0 Å². The second-order valence-electron chi connectivity index (χ2n) is 11.0. The molecule has 1 aliphatic heterocycles. The van der Waals surface area contributed by atoms with Gasteiger partial charge in [0.15, 0.2) is 0 Å². The maximum Gasteiger partial charge on any atom is 0.416 e. The van der Waals surface area contributed by atoms with Gasteiger partial charge >= 0.3 is 12.4 Å². The Bertz CT molecular complexity index is 1410. The topological polar surface area (TPSA) is 62.5 Å². The molecule has 0 saturated carbocycles. The fourth-order valence-corrected chi connectivity index (χ4v) is 5.22. The highest BCUT2D eigenvalue weighted by atomic mass is 19.4. The Hall–Kier alpha value is -3.70. The molecule has 4 rings (SSSR count). The number of benzene rings is 2. The van der Waals surface area contributed by atoms with E-state index in [-0.39, 0.29) is 18.7 Å². The van der Waals surface area contributed by atoms with E-state index in [1.54, 1.807) is 12.4 Å². The first-order valence-electron chi connectivity index (χ1n) is 13.9. The number of rotatable bonds is 8. The summed E-state index contributed by atoms with van der Waals surface area (Å²) in [5, 5.41) is 0. The number of aryl methyl sites for hydroxylation is 2. The number of aromatic nitrogens is 1. The molecule has 1 saturated heterocycles. The number of halogens is 6. The van der Waals surface area contributed by atoms with Crippen molar-refractivity contribution in [2.45, 2.75) is 51.1 Å². The average Bonchev–Trinajstić information content (AvgIpc) is 2.94. The van der Waals surface area contributed by atoms with Gasteiger partial charge in [0.05, 0.1) is 11.1 Å². The van der Waals surface area contributed by atoms with E-state index in [1.807, 2.05) is 56.3 Å². The number of alkyl halides is 6. The molecule has 0 aliphatic carbocycles. The largest absolute Gasteiger partial charge is 0.416 e. The molecular formula is C32H34F6N4O. The standard InChI is InChI=1S/C32H34F6N4O/c1-21-7-8-23(13-22(21)2)15-29-20-41(10-4-6-28(39)14-24-5-3-9-40-19-24)11-12-42(29)30(43)25-16-26(31(33,34)35)18-27(17-25)32(36,37)38/h3-9,13,16-19,28-29H,10-12,14-15,20,39H2,1-2H3/b6-4+/t28?,29-/m1/s1. The number of carbonyl (C=O) groups is 1. The molecule has 3 aromatic rings. The summed E-state index contributed by atoms with van der Waals surface area (Å²) in [4.78, 5) is 21.2. The van der Waals surface area contributed by atoms with E-state index in [2.05, 4.69) is 9.88 Å². The molecule has 11 heteroatoms. The van der Waals surface area contributed by atoms with E-state index >= 15 is 0 Å². The Balaban J connectivity index is 1.56. The van der Waals surface area contributed by atoms with Gasteiger partial charge in [-0.1, -0.05) is 36.4 Å². The van der Waals surface area contributed by atoms with Gasteiger partial charge in [0, 0.05) is 56.2 Å². The summed E-state index contributed by atoms with van der Waals surface area (Å²) >= 11 is 0. The van der Waals surface area contributed by atoms with Gasteiger partial charge in [-0.15, -0.1) is 0 Å². The summed E-state index contributed by atoms with van der Waals surface area (Å²) in [7, 11) is 0. The van der Waals surface area contributed by atoms with E-state index in [4.69, 9.17) is 5.73 Å². The van der Waals surface area contributed by atoms with Crippen molar-refractivity contribution in [3.63, 3.8) is 0 Å². The van der Waals surface area contributed by atoms with E-state index in [0.29, 0.717) is 44.6 Å². The molecule has 2 N–H and O–H groups in total. The third kappa shape index (κ3) is 8.67. The second-order valence-corrected chi connectivity index (χ2v) is 11.0. The predicted octanol–water partition coefficient (Wildman–Crippen LogP) is 6.23. The molecule has 0 spiro atoms. The minimum absolute atomic E-state index is 0.0344. The van der Waals surface area contributed by atoms with Crippen LogP contribution in [0.3, 0.4) is 0 Å². The van der Waals surface area contributed by atoms with Gasteiger partial charge in [-0.2, -0.15) is 26.3 Å². The van der Waals surface area contributed by atoms with Crippen molar-refractivity contribution in [3.8, 4) is 0 Å². The normalized spacial score (nSPS) is 17.4. The molecule has 1 unspecified atom stereocenters. The molecular weight excluding hydrogens is 570 g/mol. The smallest absolute Gasteiger partial charge is 0.333 e. The monoisotopic (exact) mass is 604 g/mol. The maximum absolute atomic E-state index is 13.6. The first-order valence-corrected chi connectivity index (χ1v) is 13.9. The third-order valence-corrected chi connectivity index (χ3v) is 7.65. The molecule has 2 heterocycles. The zero-order chi connectivity index (χ0) is 31.4. The van der Waals surface area contributed by atoms with Crippen LogP contribution in [-0.4, -0.2) is 59.0 Å². The molecule has 2 aromatic carbocycles. The van der Waals surface area contributed by atoms with Crippen molar-refractivity contribution in [1.82, 2.24) is 14.8 Å². The molecule has 230 valence electrons. The minimum Gasteiger partial charge on any atom is -0.333 e. The van der Waals surface area contributed by atoms with Gasteiger partial charge in [-0.3, -0.25) is 14.7 Å². The highest BCUT2D eigenvalue weighted by Gasteiger charge is 2.39. The molecule has 43 heavy (non-hydrogen) atoms. The van der Waals surface area contributed by atoms with Crippen molar-refractivity contribution in [3.05, 3.63) is 112 Å². The van der Waals surface area contributed by atoms with Crippen molar-refractivity contribution in [2.24, 2.45) is 5.73 Å². The van der Waals surface area contributed by atoms with Crippen LogP contribution in [0.25, 0.3) is 0 Å². The van der Waals surface area contributed by atoms with E-state index in [0.717, 1.165) is 22.3 Å². The first-order chi connectivity index (χ1) is 20.2. The van der Waals surface area contributed by atoms with Gasteiger partial charge in [-0.25, -0.2) is 0 Å². The quantitative estimate of drug-likeness (QED) is 0.245. The third-order valence-electron chi connectivity index (χ3n) is 7.65. The fourth-order valence-electron chi connectivity index (χ4n) is 5.22. The van der Waals surface area contributed by atoms with Crippen LogP contribution in [0.4, 0.5) is 26.3 Å². The molecule has 1 fully saturated rings. The van der Waals surface area contributed by atoms with Crippen LogP contribution in [0.1, 0.15) is 43.7 Å². The van der Waals surface area contributed by atoms with Crippen LogP contribution in [-0.2, 0) is 25.2 Å². The Kier molecular flexibility index (Phi) is 9.96. The fraction of sp³-hybridized carbons (Fsp3) is 0.375. The van der Waals surface area contributed by atoms with Gasteiger partial charge < -0.3 is 10.6 Å². The Morgan fingerprint density at radius 2 is 1.67 bits per heavy atom. The van der Waals surface area contributed by atoms with Crippen molar-refractivity contribution in [2.75, 3.05) is 26.2 Å². The first kappa shape index (κ1) is 32.2. The zero-order valence-corrected chi connectivity index (χ0v) is 23.9. The zero-order valence-electron chi connectivity index (χ0n) is 23.9. The van der Waals surface area contributed by atoms with E-state index in [9.17, 15) is 31.1 Å². The number of hydrogen-bond donors (Lipinski definition) is 1. The highest BCUT2D eigenvalue weighted by molar-refractivity contribution is 5.95. The molecule has 2 atom stereocenters. The van der Waals surface area contributed by atoms with Gasteiger partial charge in [0.2, 0.25) is 0 Å². The van der Waals surface area contributed by atoms with Crippen molar-refractivity contribution < 1.29 is 31.1 Å². The van der Waals surface area contributed by atoms with Crippen LogP contribution >= 0.6 is 0 Å². The lowest BCUT2D eigenvalue weighted by molar-refractivity contribution is -0.143. The summed E-state index contributed by atoms with van der Waals surface area (Å²) in [5.74, 6) is -0.862. The lowest BCUT2D eigenvalue weighted by atomic mass is 9.97. The van der Waals surface area contributed by atoms with E-state index < -0.39 is 41.0 Å². The van der Waals surface area contributed by atoms with Crippen LogP contribution in [0, 0.1) is 13.8 Å². The molecule has 1 aromatic heterocycles. The van der Waals surface area contributed by atoms with Gasteiger partial charge in [0.25, 0.3) is 5.91 Å².